The number of rotatable bonds is 6. The topological polar surface area (TPSA) is 57.4 Å². The molecule has 5 nitrogen and oxygen atoms in total. The first-order chi connectivity index (χ1) is 14.5. The highest BCUT2D eigenvalue weighted by molar-refractivity contribution is 6.31. The lowest BCUT2D eigenvalue weighted by atomic mass is 10.0. The van der Waals surface area contributed by atoms with Crippen LogP contribution in [0.4, 0.5) is 4.39 Å². The van der Waals surface area contributed by atoms with Crippen molar-refractivity contribution in [3.63, 3.8) is 0 Å². The van der Waals surface area contributed by atoms with Crippen molar-refractivity contribution in [1.82, 2.24) is 15.2 Å². The molecule has 4 rings (SSSR count). The molecule has 2 heterocycles. The first kappa shape index (κ1) is 20.8. The Morgan fingerprint density at radius 1 is 1.33 bits per heavy atom. The lowest BCUT2D eigenvalue weighted by Crippen LogP contribution is -2.47. The Morgan fingerprint density at radius 2 is 2.17 bits per heavy atom. The summed E-state index contributed by atoms with van der Waals surface area (Å²) in [6.07, 6.45) is 2.15. The molecule has 1 aromatic heterocycles. The Balaban J connectivity index is 1.51. The highest BCUT2D eigenvalue weighted by atomic mass is 35.5. The van der Waals surface area contributed by atoms with E-state index in [0.29, 0.717) is 30.3 Å². The number of halogens is 2. The number of hydrogen-bond acceptors (Lipinski definition) is 3. The molecule has 1 aliphatic heterocycles. The first-order valence-electron chi connectivity index (χ1n) is 10.1. The second-order valence-corrected chi connectivity index (χ2v) is 8.08. The number of morpholine rings is 1. The minimum Gasteiger partial charge on any atom is -0.376 e. The highest BCUT2D eigenvalue weighted by Crippen LogP contribution is 2.31. The average Bonchev–Trinajstić information content (AvgIpc) is 3.13. The molecular weight excluding hydrogens is 405 g/mol. The molecule has 3 aromatic rings. The molecule has 0 saturated carbocycles. The number of nitrogens with one attached hydrogen (secondary N) is 2. The molecule has 158 valence electrons. The number of amides is 1. The van der Waals surface area contributed by atoms with Crippen LogP contribution in [0.25, 0.3) is 10.9 Å². The Labute approximate surface area is 180 Å². The van der Waals surface area contributed by atoms with E-state index in [1.54, 1.807) is 12.1 Å². The summed E-state index contributed by atoms with van der Waals surface area (Å²) in [5, 5.41) is 4.39. The van der Waals surface area contributed by atoms with E-state index >= 15 is 0 Å². The number of H-pyrrole nitrogens is 1. The van der Waals surface area contributed by atoms with Crippen LogP contribution < -0.4 is 5.32 Å². The number of aromatic nitrogens is 1. The standard InChI is InChI=1S/C23H25ClFN3O2/c1-15-14-28(9-10-30-15)21(23-18(24)6-4-7-19(23)25)13-27-22(29)11-16-12-26-20-8-3-2-5-17(16)20/h2-8,12,15,21,26H,9-11,13-14H2,1H3,(H,27,29)/t15-,21-/m0/s1. The number of hydrogen-bond donors (Lipinski definition) is 2. The monoisotopic (exact) mass is 429 g/mol. The van der Waals surface area contributed by atoms with Gasteiger partial charge in [0.05, 0.1) is 25.2 Å². The van der Waals surface area contributed by atoms with Gasteiger partial charge in [0.1, 0.15) is 5.82 Å². The molecule has 0 aliphatic carbocycles. The van der Waals surface area contributed by atoms with E-state index in [0.717, 1.165) is 16.5 Å². The molecule has 0 spiro atoms. The van der Waals surface area contributed by atoms with Gasteiger partial charge in [-0.25, -0.2) is 4.39 Å². The maximum Gasteiger partial charge on any atom is 0.224 e. The number of carbonyl (C=O) groups excluding carboxylic acids is 1. The zero-order chi connectivity index (χ0) is 21.1. The van der Waals surface area contributed by atoms with E-state index in [1.165, 1.54) is 6.07 Å². The van der Waals surface area contributed by atoms with Crippen molar-refractivity contribution in [2.24, 2.45) is 0 Å². The quantitative estimate of drug-likeness (QED) is 0.620. The Hall–Kier alpha value is -2.41. The van der Waals surface area contributed by atoms with Crippen LogP contribution >= 0.6 is 11.6 Å². The van der Waals surface area contributed by atoms with Gasteiger partial charge < -0.3 is 15.0 Å². The third-order valence-electron chi connectivity index (χ3n) is 5.56. The third-order valence-corrected chi connectivity index (χ3v) is 5.89. The van der Waals surface area contributed by atoms with Crippen molar-refractivity contribution in [2.75, 3.05) is 26.2 Å². The van der Waals surface area contributed by atoms with E-state index < -0.39 is 0 Å². The molecule has 2 aromatic carbocycles. The van der Waals surface area contributed by atoms with Crippen LogP contribution in [-0.4, -0.2) is 48.1 Å². The van der Waals surface area contributed by atoms with Gasteiger partial charge >= 0.3 is 0 Å². The summed E-state index contributed by atoms with van der Waals surface area (Å²) < 4.78 is 20.3. The van der Waals surface area contributed by atoms with Crippen LogP contribution in [0.15, 0.2) is 48.7 Å². The molecule has 1 amide bonds. The zero-order valence-corrected chi connectivity index (χ0v) is 17.6. The molecule has 2 atom stereocenters. The summed E-state index contributed by atoms with van der Waals surface area (Å²) in [5.74, 6) is -0.476. The summed E-state index contributed by atoms with van der Waals surface area (Å²) >= 11 is 6.36. The van der Waals surface area contributed by atoms with E-state index in [2.05, 4.69) is 15.2 Å². The second kappa shape index (κ2) is 9.16. The molecular formula is C23H25ClFN3O2. The van der Waals surface area contributed by atoms with Crippen LogP contribution in [0.5, 0.6) is 0 Å². The largest absolute Gasteiger partial charge is 0.376 e. The normalized spacial score (nSPS) is 18.4. The summed E-state index contributed by atoms with van der Waals surface area (Å²) in [7, 11) is 0. The number of ether oxygens (including phenoxy) is 1. The highest BCUT2D eigenvalue weighted by Gasteiger charge is 2.29. The number of nitrogens with zero attached hydrogens (tertiary/aromatic N) is 1. The summed E-state index contributed by atoms with van der Waals surface area (Å²) in [6, 6.07) is 12.2. The van der Waals surface area contributed by atoms with Gasteiger partial charge in [-0.2, -0.15) is 0 Å². The molecule has 1 saturated heterocycles. The fourth-order valence-corrected chi connectivity index (χ4v) is 4.38. The second-order valence-electron chi connectivity index (χ2n) is 7.67. The number of aromatic amines is 1. The lowest BCUT2D eigenvalue weighted by Gasteiger charge is -2.38. The van der Waals surface area contributed by atoms with E-state index in [-0.39, 0.29) is 36.8 Å². The van der Waals surface area contributed by atoms with Gasteiger partial charge in [0, 0.05) is 47.3 Å². The average molecular weight is 430 g/mol. The molecule has 30 heavy (non-hydrogen) atoms. The molecule has 2 N–H and O–H groups in total. The summed E-state index contributed by atoms with van der Waals surface area (Å²) in [4.78, 5) is 18.0. The van der Waals surface area contributed by atoms with Crippen molar-refractivity contribution in [3.8, 4) is 0 Å². The van der Waals surface area contributed by atoms with Crippen LogP contribution in [-0.2, 0) is 16.0 Å². The summed E-state index contributed by atoms with van der Waals surface area (Å²) in [6.45, 7) is 4.12. The molecule has 0 bridgehead atoms. The minimum atomic E-state index is -0.364. The Morgan fingerprint density at radius 3 is 2.97 bits per heavy atom. The molecule has 1 fully saturated rings. The zero-order valence-electron chi connectivity index (χ0n) is 16.8. The van der Waals surface area contributed by atoms with Crippen molar-refractivity contribution in [2.45, 2.75) is 25.5 Å². The Bertz CT molecular complexity index is 1020. The van der Waals surface area contributed by atoms with Gasteiger partial charge in [0.2, 0.25) is 5.91 Å². The molecule has 0 radical (unpaired) electrons. The maximum absolute atomic E-state index is 14.7. The van der Waals surface area contributed by atoms with Gasteiger partial charge in [-0.15, -0.1) is 0 Å². The SMILES string of the molecule is C[C@H]1CN([C@@H](CNC(=O)Cc2c[nH]c3ccccc23)c2c(F)cccc2Cl)CCO1. The van der Waals surface area contributed by atoms with Gasteiger partial charge in [-0.3, -0.25) is 9.69 Å². The number of benzene rings is 2. The van der Waals surface area contributed by atoms with Crippen molar-refractivity contribution >= 4 is 28.4 Å². The van der Waals surface area contributed by atoms with E-state index in [1.807, 2.05) is 37.4 Å². The smallest absolute Gasteiger partial charge is 0.224 e. The van der Waals surface area contributed by atoms with Crippen LogP contribution in [0.3, 0.4) is 0 Å². The molecule has 0 unspecified atom stereocenters. The van der Waals surface area contributed by atoms with Crippen molar-refractivity contribution in [1.29, 1.82) is 0 Å². The van der Waals surface area contributed by atoms with E-state index in [9.17, 15) is 9.18 Å². The van der Waals surface area contributed by atoms with Crippen molar-refractivity contribution in [3.05, 3.63) is 70.6 Å². The predicted octanol–water partition coefficient (Wildman–Crippen LogP) is 4.08. The summed E-state index contributed by atoms with van der Waals surface area (Å²) in [5.41, 5.74) is 2.35. The lowest BCUT2D eigenvalue weighted by molar-refractivity contribution is -0.120. The Kier molecular flexibility index (Phi) is 6.37. The fraction of sp³-hybridized carbons (Fsp3) is 0.348. The molecule has 7 heteroatoms. The third kappa shape index (κ3) is 4.51. The van der Waals surface area contributed by atoms with Crippen LogP contribution in [0.2, 0.25) is 5.02 Å². The van der Waals surface area contributed by atoms with E-state index in [4.69, 9.17) is 16.3 Å². The number of carbonyl (C=O) groups is 1. The van der Waals surface area contributed by atoms with Gasteiger partial charge in [-0.1, -0.05) is 35.9 Å². The molecule has 1 aliphatic rings. The first-order valence-corrected chi connectivity index (χ1v) is 10.5. The van der Waals surface area contributed by atoms with Gasteiger partial charge in [-0.05, 0) is 30.7 Å². The fourth-order valence-electron chi connectivity index (χ4n) is 4.10. The predicted molar refractivity (Wildman–Crippen MR) is 116 cm³/mol. The van der Waals surface area contributed by atoms with Crippen LogP contribution in [0.1, 0.15) is 24.1 Å². The van der Waals surface area contributed by atoms with Gasteiger partial charge in [0.25, 0.3) is 0 Å². The van der Waals surface area contributed by atoms with Crippen LogP contribution in [0, 0.1) is 5.82 Å². The van der Waals surface area contributed by atoms with Gasteiger partial charge in [0.15, 0.2) is 0 Å². The number of para-hydroxylation sites is 1. The number of fused-ring (bicyclic) bond motifs is 1. The van der Waals surface area contributed by atoms with Crippen molar-refractivity contribution < 1.29 is 13.9 Å². The maximum atomic E-state index is 14.7. The minimum absolute atomic E-state index is 0.0359.